The molecule has 2 rings (SSSR count). The first-order valence-corrected chi connectivity index (χ1v) is 8.60. The van der Waals surface area contributed by atoms with E-state index in [0.717, 1.165) is 12.0 Å². The highest BCUT2D eigenvalue weighted by atomic mass is 32.1. The summed E-state index contributed by atoms with van der Waals surface area (Å²) >= 11 is 4.87. The largest absolute Gasteiger partial charge is 0.445 e. The summed E-state index contributed by atoms with van der Waals surface area (Å²) in [5.41, 5.74) is 2.15. The molecule has 1 heterocycles. The van der Waals surface area contributed by atoms with Crippen LogP contribution < -0.4 is 10.6 Å². The van der Waals surface area contributed by atoms with Gasteiger partial charge < -0.3 is 20.6 Å². The molecule has 0 unspecified atom stereocenters. The number of benzene rings is 1. The third kappa shape index (κ3) is 5.59. The number of hydrogen-bond acceptors (Lipinski definition) is 5. The van der Waals surface area contributed by atoms with E-state index in [9.17, 15) is 14.8 Å². The van der Waals surface area contributed by atoms with Crippen LogP contribution in [0.5, 0.6) is 0 Å². The molecule has 0 aliphatic heterocycles. The SMILES string of the molecule is CCc1ccc(COC(=O)NCCNC(=O)c2cccc(=S)n2O)cc1. The van der Waals surface area contributed by atoms with Gasteiger partial charge >= 0.3 is 6.09 Å². The molecule has 0 saturated carbocycles. The molecule has 0 bridgehead atoms. The number of pyridine rings is 1. The molecule has 1 aromatic carbocycles. The van der Waals surface area contributed by atoms with Crippen LogP contribution >= 0.6 is 12.2 Å². The van der Waals surface area contributed by atoms with E-state index in [-0.39, 0.29) is 30.0 Å². The summed E-state index contributed by atoms with van der Waals surface area (Å²) in [6.07, 6.45) is 0.393. The van der Waals surface area contributed by atoms with E-state index in [1.165, 1.54) is 17.7 Å². The van der Waals surface area contributed by atoms with Crippen molar-refractivity contribution < 1.29 is 19.5 Å². The number of carbonyl (C=O) groups excluding carboxylic acids is 2. The number of amides is 2. The van der Waals surface area contributed by atoms with Gasteiger partial charge in [0.05, 0.1) is 0 Å². The topological polar surface area (TPSA) is 92.6 Å². The van der Waals surface area contributed by atoms with Gasteiger partial charge in [-0.3, -0.25) is 4.79 Å². The van der Waals surface area contributed by atoms with Gasteiger partial charge in [-0.25, -0.2) is 4.79 Å². The maximum Gasteiger partial charge on any atom is 0.407 e. The fourth-order valence-corrected chi connectivity index (χ4v) is 2.33. The fourth-order valence-electron chi connectivity index (χ4n) is 2.16. The average Bonchev–Trinajstić information content (AvgIpc) is 2.66. The first kappa shape index (κ1) is 19.5. The van der Waals surface area contributed by atoms with Crippen molar-refractivity contribution in [2.75, 3.05) is 13.1 Å². The Hall–Kier alpha value is -2.87. The minimum Gasteiger partial charge on any atom is -0.445 e. The molecule has 0 saturated heterocycles. The lowest BCUT2D eigenvalue weighted by Gasteiger charge is -2.10. The molecule has 0 spiro atoms. The van der Waals surface area contributed by atoms with E-state index < -0.39 is 12.0 Å². The van der Waals surface area contributed by atoms with Gasteiger partial charge in [0.25, 0.3) is 5.91 Å². The van der Waals surface area contributed by atoms with Crippen molar-refractivity contribution in [1.82, 2.24) is 15.4 Å². The monoisotopic (exact) mass is 375 g/mol. The van der Waals surface area contributed by atoms with E-state index in [1.807, 2.05) is 24.3 Å². The molecule has 1 aromatic heterocycles. The van der Waals surface area contributed by atoms with Crippen molar-refractivity contribution >= 4 is 24.2 Å². The van der Waals surface area contributed by atoms with Gasteiger partial charge in [0.2, 0.25) is 0 Å². The normalized spacial score (nSPS) is 10.2. The van der Waals surface area contributed by atoms with E-state index in [4.69, 9.17) is 17.0 Å². The molecule has 2 amide bonds. The first-order chi connectivity index (χ1) is 12.5. The molecule has 0 aliphatic rings. The second kappa shape index (κ2) is 9.57. The van der Waals surface area contributed by atoms with Crippen molar-refractivity contribution in [1.29, 1.82) is 0 Å². The lowest BCUT2D eigenvalue weighted by atomic mass is 10.1. The number of ether oxygens (including phenoxy) is 1. The van der Waals surface area contributed by atoms with Gasteiger partial charge in [-0.05, 0) is 29.7 Å². The van der Waals surface area contributed by atoms with Crippen LogP contribution in [0, 0.1) is 4.64 Å². The average molecular weight is 375 g/mol. The Bertz CT molecular complexity index is 818. The number of rotatable bonds is 7. The maximum atomic E-state index is 11.9. The predicted octanol–water partition coefficient (Wildman–Crippen LogP) is 2.67. The number of aromatic nitrogens is 1. The third-order valence-corrected chi connectivity index (χ3v) is 3.95. The summed E-state index contributed by atoms with van der Waals surface area (Å²) in [5.74, 6) is -0.495. The number of nitrogens with one attached hydrogen (secondary N) is 2. The maximum absolute atomic E-state index is 11.9. The standard InChI is InChI=1S/C18H21N3O4S/c1-2-13-6-8-14(9-7-13)12-25-18(23)20-11-10-19-17(22)15-4-3-5-16(26)21(15)24/h3-9,24H,2,10-12H2,1H3,(H,19,22)(H,20,23). The van der Waals surface area contributed by atoms with Crippen molar-refractivity contribution in [3.05, 3.63) is 63.9 Å². The Kier molecular flexibility index (Phi) is 7.16. The Balaban J connectivity index is 1.68. The summed E-state index contributed by atoms with van der Waals surface area (Å²) < 4.78 is 5.87. The number of nitrogens with zero attached hydrogens (tertiary/aromatic N) is 1. The van der Waals surface area contributed by atoms with E-state index in [0.29, 0.717) is 4.73 Å². The molecule has 2 aromatic rings. The lowest BCUT2D eigenvalue weighted by molar-refractivity contribution is 0.0894. The minimum atomic E-state index is -0.566. The van der Waals surface area contributed by atoms with E-state index in [2.05, 4.69) is 17.6 Å². The summed E-state index contributed by atoms with van der Waals surface area (Å²) in [7, 11) is 0. The molecule has 0 fully saturated rings. The van der Waals surface area contributed by atoms with Crippen LogP contribution in [-0.2, 0) is 17.8 Å². The predicted molar refractivity (Wildman–Crippen MR) is 98.8 cm³/mol. The molecule has 0 aliphatic carbocycles. The molecule has 138 valence electrons. The van der Waals surface area contributed by atoms with Gasteiger partial charge in [0.1, 0.15) is 16.9 Å². The first-order valence-electron chi connectivity index (χ1n) is 8.19. The molecule has 0 radical (unpaired) electrons. The van der Waals surface area contributed by atoms with Gasteiger partial charge in [-0.2, -0.15) is 4.73 Å². The van der Waals surface area contributed by atoms with E-state index >= 15 is 0 Å². The van der Waals surface area contributed by atoms with Crippen LogP contribution in [0.15, 0.2) is 42.5 Å². The third-order valence-electron chi connectivity index (χ3n) is 3.64. The summed E-state index contributed by atoms with van der Waals surface area (Å²) in [5, 5.41) is 14.8. The molecule has 26 heavy (non-hydrogen) atoms. The van der Waals surface area contributed by atoms with Crippen molar-refractivity contribution in [3.63, 3.8) is 0 Å². The Morgan fingerprint density at radius 2 is 1.73 bits per heavy atom. The second-order valence-corrected chi connectivity index (χ2v) is 5.91. The number of carbonyl (C=O) groups is 2. The Morgan fingerprint density at radius 3 is 2.42 bits per heavy atom. The molecular weight excluding hydrogens is 354 g/mol. The van der Waals surface area contributed by atoms with Crippen molar-refractivity contribution in [3.8, 4) is 0 Å². The summed E-state index contributed by atoms with van der Waals surface area (Å²) in [6.45, 7) is 2.63. The van der Waals surface area contributed by atoms with Crippen LogP contribution in [0.1, 0.15) is 28.5 Å². The van der Waals surface area contributed by atoms with Crippen LogP contribution in [0.4, 0.5) is 4.79 Å². The van der Waals surface area contributed by atoms with Crippen molar-refractivity contribution in [2.45, 2.75) is 20.0 Å². The smallest absolute Gasteiger partial charge is 0.407 e. The van der Waals surface area contributed by atoms with Crippen LogP contribution in [-0.4, -0.2) is 35.0 Å². The van der Waals surface area contributed by atoms with E-state index in [1.54, 1.807) is 6.07 Å². The molecule has 0 atom stereocenters. The molecule has 7 nitrogen and oxygen atoms in total. The lowest BCUT2D eigenvalue weighted by Crippen LogP contribution is -2.35. The molecule has 3 N–H and O–H groups in total. The van der Waals surface area contributed by atoms with Crippen LogP contribution in [0.2, 0.25) is 0 Å². The minimum absolute atomic E-state index is 0.0237. The zero-order valence-electron chi connectivity index (χ0n) is 14.4. The highest BCUT2D eigenvalue weighted by Crippen LogP contribution is 2.06. The Morgan fingerprint density at radius 1 is 1.08 bits per heavy atom. The Labute approximate surface area is 156 Å². The highest BCUT2D eigenvalue weighted by Gasteiger charge is 2.10. The van der Waals surface area contributed by atoms with Gasteiger partial charge in [-0.1, -0.05) is 49.5 Å². The van der Waals surface area contributed by atoms with Crippen molar-refractivity contribution in [2.24, 2.45) is 0 Å². The number of hydrogen-bond donors (Lipinski definition) is 3. The summed E-state index contributed by atoms with van der Waals surface area (Å²) in [6, 6.07) is 12.4. The summed E-state index contributed by atoms with van der Waals surface area (Å²) in [4.78, 5) is 23.6. The zero-order chi connectivity index (χ0) is 18.9. The second-order valence-electron chi connectivity index (χ2n) is 5.49. The van der Waals surface area contributed by atoms with Gasteiger partial charge in [-0.15, -0.1) is 0 Å². The number of aryl methyl sites for hydroxylation is 1. The quantitative estimate of drug-likeness (QED) is 0.393. The molecule has 8 heteroatoms. The highest BCUT2D eigenvalue weighted by molar-refractivity contribution is 7.71. The van der Waals surface area contributed by atoms with Gasteiger partial charge in [0, 0.05) is 13.1 Å². The molecular formula is C18H21N3O4S. The van der Waals surface area contributed by atoms with Gasteiger partial charge in [0.15, 0.2) is 0 Å². The zero-order valence-corrected chi connectivity index (χ0v) is 15.2. The van der Waals surface area contributed by atoms with Crippen LogP contribution in [0.25, 0.3) is 0 Å². The van der Waals surface area contributed by atoms with Crippen LogP contribution in [0.3, 0.4) is 0 Å². The number of alkyl carbamates (subject to hydrolysis) is 1. The fraction of sp³-hybridized carbons (Fsp3) is 0.278.